The monoisotopic (exact) mass is 429 g/mol. The molecule has 0 aliphatic rings. The van der Waals surface area contributed by atoms with Gasteiger partial charge in [0.05, 0.1) is 28.1 Å². The second-order valence-electron chi connectivity index (χ2n) is 5.39. The Morgan fingerprint density at radius 2 is 2.00 bits per heavy atom. The van der Waals surface area contributed by atoms with Gasteiger partial charge in [-0.2, -0.15) is 5.10 Å². The Kier molecular flexibility index (Phi) is 6.28. The van der Waals surface area contributed by atoms with Crippen LogP contribution in [0.5, 0.6) is 5.75 Å². The third kappa shape index (κ3) is 4.95. The lowest BCUT2D eigenvalue weighted by molar-refractivity contribution is 0.0992. The molecule has 27 heavy (non-hydrogen) atoms. The van der Waals surface area contributed by atoms with Crippen molar-refractivity contribution in [3.8, 4) is 5.75 Å². The zero-order valence-electron chi connectivity index (χ0n) is 14.0. The molecular weight excluding hydrogens is 417 g/mol. The molecule has 1 amide bonds. The molecule has 2 aromatic heterocycles. The zero-order valence-corrected chi connectivity index (χ0v) is 16.3. The van der Waals surface area contributed by atoms with Crippen molar-refractivity contribution in [3.05, 3.63) is 63.2 Å². The number of carbonyl (C=O) groups excluding carboxylic acids is 1. The fraction of sp³-hybridized carbons (Fsp3) is 0.176. The van der Waals surface area contributed by atoms with E-state index in [4.69, 9.17) is 48.7 Å². The van der Waals surface area contributed by atoms with Crippen molar-refractivity contribution in [2.75, 3.05) is 12.4 Å². The lowest BCUT2D eigenvalue weighted by atomic mass is 10.3. The van der Waals surface area contributed by atoms with Crippen molar-refractivity contribution in [2.24, 2.45) is 0 Å². The summed E-state index contributed by atoms with van der Waals surface area (Å²) in [6, 6.07) is 6.21. The summed E-state index contributed by atoms with van der Waals surface area (Å²) in [4.78, 5) is 12.2. The lowest BCUT2D eigenvalue weighted by Gasteiger charge is -2.09. The van der Waals surface area contributed by atoms with E-state index in [0.29, 0.717) is 16.5 Å². The molecule has 0 aliphatic heterocycles. The fourth-order valence-electron chi connectivity index (χ4n) is 2.21. The van der Waals surface area contributed by atoms with E-state index in [1.54, 1.807) is 25.4 Å². The molecule has 0 fully saturated rings. The van der Waals surface area contributed by atoms with Crippen LogP contribution in [0.25, 0.3) is 0 Å². The maximum Gasteiger partial charge on any atom is 0.291 e. The van der Waals surface area contributed by atoms with E-state index in [0.717, 1.165) is 0 Å². The van der Waals surface area contributed by atoms with Gasteiger partial charge in [-0.1, -0.05) is 34.8 Å². The van der Waals surface area contributed by atoms with Crippen LogP contribution >= 0.6 is 34.8 Å². The van der Waals surface area contributed by atoms with Gasteiger partial charge in [-0.05, 0) is 24.3 Å². The van der Waals surface area contributed by atoms with Gasteiger partial charge in [-0.25, -0.2) is 4.68 Å². The minimum absolute atomic E-state index is 0.0418. The topological polar surface area (TPSA) is 78.5 Å². The number of methoxy groups -OCH3 is 1. The summed E-state index contributed by atoms with van der Waals surface area (Å²) in [6.07, 6.45) is 3.15. The van der Waals surface area contributed by atoms with Gasteiger partial charge in [0, 0.05) is 12.1 Å². The number of anilines is 1. The average molecular weight is 431 g/mol. The van der Waals surface area contributed by atoms with Crippen LogP contribution in [0.3, 0.4) is 0 Å². The first-order valence-electron chi connectivity index (χ1n) is 7.65. The van der Waals surface area contributed by atoms with Gasteiger partial charge < -0.3 is 19.2 Å². The van der Waals surface area contributed by atoms with Crippen molar-refractivity contribution in [1.82, 2.24) is 9.78 Å². The number of hydrogen-bond donors (Lipinski definition) is 1. The van der Waals surface area contributed by atoms with Crippen LogP contribution < -0.4 is 10.1 Å². The van der Waals surface area contributed by atoms with Crippen LogP contribution in [-0.2, 0) is 18.1 Å². The second kappa shape index (κ2) is 8.67. The number of hydrogen-bond acceptors (Lipinski definition) is 5. The van der Waals surface area contributed by atoms with Crippen LogP contribution in [0.15, 0.2) is 41.1 Å². The van der Waals surface area contributed by atoms with Gasteiger partial charge in [0.15, 0.2) is 11.5 Å². The molecule has 0 unspecified atom stereocenters. The number of furan rings is 1. The van der Waals surface area contributed by atoms with Gasteiger partial charge >= 0.3 is 0 Å². The lowest BCUT2D eigenvalue weighted by Crippen LogP contribution is -2.10. The molecule has 10 heteroatoms. The Balaban J connectivity index is 1.61. The summed E-state index contributed by atoms with van der Waals surface area (Å²) in [5, 5.41) is 7.69. The molecule has 0 spiro atoms. The average Bonchev–Trinajstić information content (AvgIpc) is 3.24. The molecule has 0 atom stereocenters. The number of nitrogens with zero attached hydrogens (tertiary/aromatic N) is 2. The standard InChI is InChI=1S/C17H14Cl3N3O4/c1-25-9-23-7-11(6-21-23)22-17(24)15-3-2-12(27-15)8-26-16-13(19)4-10(18)5-14(16)20/h2-7H,8-9H2,1H3,(H,22,24). The molecular formula is C17H14Cl3N3O4. The highest BCUT2D eigenvalue weighted by Crippen LogP contribution is 2.36. The molecule has 0 saturated heterocycles. The summed E-state index contributed by atoms with van der Waals surface area (Å²) < 4.78 is 17.6. The van der Waals surface area contributed by atoms with Crippen LogP contribution in [0.4, 0.5) is 5.69 Å². The number of rotatable bonds is 7. The molecule has 3 aromatic rings. The van der Waals surface area contributed by atoms with Crippen molar-refractivity contribution >= 4 is 46.4 Å². The summed E-state index contributed by atoms with van der Waals surface area (Å²) in [6.45, 7) is 0.327. The predicted octanol–water partition coefficient (Wildman–Crippen LogP) is 4.87. The Morgan fingerprint density at radius 1 is 1.26 bits per heavy atom. The number of benzene rings is 1. The van der Waals surface area contributed by atoms with E-state index in [1.165, 1.54) is 23.0 Å². The number of aromatic nitrogens is 2. The summed E-state index contributed by atoms with van der Waals surface area (Å²) in [7, 11) is 1.55. The van der Waals surface area contributed by atoms with Crippen LogP contribution in [-0.4, -0.2) is 22.8 Å². The summed E-state index contributed by atoms with van der Waals surface area (Å²) in [5.74, 6) is 0.426. The van der Waals surface area contributed by atoms with Crippen molar-refractivity contribution in [1.29, 1.82) is 0 Å². The van der Waals surface area contributed by atoms with E-state index in [-0.39, 0.29) is 34.9 Å². The third-order valence-electron chi connectivity index (χ3n) is 3.36. The molecule has 3 rings (SSSR count). The van der Waals surface area contributed by atoms with E-state index in [2.05, 4.69) is 10.4 Å². The largest absolute Gasteiger partial charge is 0.483 e. The summed E-state index contributed by atoms with van der Waals surface area (Å²) in [5.41, 5.74) is 0.519. The van der Waals surface area contributed by atoms with E-state index in [1.807, 2.05) is 0 Å². The Morgan fingerprint density at radius 3 is 2.70 bits per heavy atom. The third-order valence-corrected chi connectivity index (χ3v) is 4.14. The highest BCUT2D eigenvalue weighted by Gasteiger charge is 2.14. The van der Waals surface area contributed by atoms with Gasteiger partial charge in [-0.3, -0.25) is 4.79 Å². The van der Waals surface area contributed by atoms with Crippen molar-refractivity contribution in [3.63, 3.8) is 0 Å². The molecule has 2 heterocycles. The highest BCUT2D eigenvalue weighted by atomic mass is 35.5. The van der Waals surface area contributed by atoms with Crippen molar-refractivity contribution < 1.29 is 18.7 Å². The first-order chi connectivity index (χ1) is 13.0. The van der Waals surface area contributed by atoms with Gasteiger partial charge in [-0.15, -0.1) is 0 Å². The fourth-order valence-corrected chi connectivity index (χ4v) is 3.14. The molecule has 1 aromatic carbocycles. The highest BCUT2D eigenvalue weighted by molar-refractivity contribution is 6.40. The Hall–Kier alpha value is -2.19. The molecule has 142 valence electrons. The van der Waals surface area contributed by atoms with E-state index in [9.17, 15) is 4.79 Å². The van der Waals surface area contributed by atoms with Crippen molar-refractivity contribution in [2.45, 2.75) is 13.3 Å². The molecule has 7 nitrogen and oxygen atoms in total. The first kappa shape index (κ1) is 19.6. The van der Waals surface area contributed by atoms with Crippen LogP contribution in [0.2, 0.25) is 15.1 Å². The molecule has 0 bridgehead atoms. The normalized spacial score (nSPS) is 10.8. The Bertz CT molecular complexity index is 932. The number of carbonyl (C=O) groups is 1. The maximum absolute atomic E-state index is 12.2. The number of amides is 1. The van der Waals surface area contributed by atoms with Gasteiger partial charge in [0.2, 0.25) is 0 Å². The molecule has 0 radical (unpaired) electrons. The molecule has 0 saturated carbocycles. The molecule has 0 aliphatic carbocycles. The minimum atomic E-state index is -0.416. The Labute approximate surface area is 169 Å². The van der Waals surface area contributed by atoms with Crippen LogP contribution in [0, 0.1) is 0 Å². The SMILES string of the molecule is COCn1cc(NC(=O)c2ccc(COc3c(Cl)cc(Cl)cc3Cl)o2)cn1. The summed E-state index contributed by atoms with van der Waals surface area (Å²) >= 11 is 18.0. The number of halogens is 3. The second-order valence-corrected chi connectivity index (χ2v) is 6.64. The zero-order chi connectivity index (χ0) is 19.4. The van der Waals surface area contributed by atoms with E-state index < -0.39 is 5.91 Å². The number of ether oxygens (including phenoxy) is 2. The quantitative estimate of drug-likeness (QED) is 0.578. The smallest absolute Gasteiger partial charge is 0.291 e. The predicted molar refractivity (Wildman–Crippen MR) is 102 cm³/mol. The maximum atomic E-state index is 12.2. The van der Waals surface area contributed by atoms with Gasteiger partial charge in [0.25, 0.3) is 5.91 Å². The van der Waals surface area contributed by atoms with E-state index >= 15 is 0 Å². The minimum Gasteiger partial charge on any atom is -0.483 e. The van der Waals surface area contributed by atoms with Gasteiger partial charge in [0.1, 0.15) is 19.1 Å². The first-order valence-corrected chi connectivity index (χ1v) is 8.78. The van der Waals surface area contributed by atoms with Crippen LogP contribution in [0.1, 0.15) is 16.3 Å². The molecule has 1 N–H and O–H groups in total. The number of nitrogens with one attached hydrogen (secondary N) is 1.